The Morgan fingerprint density at radius 2 is 1.85 bits per heavy atom. The molecule has 1 atom stereocenters. The van der Waals surface area contributed by atoms with Gasteiger partial charge in [-0.3, -0.25) is 0 Å². The Balaban J connectivity index is 2.02. The molecule has 144 valence electrons. The number of hydrogen-bond donors (Lipinski definition) is 0. The molecule has 0 N–H and O–H groups in total. The lowest BCUT2D eigenvalue weighted by atomic mass is 9.92. The van der Waals surface area contributed by atoms with E-state index in [0.717, 1.165) is 16.7 Å². The topological polar surface area (TPSA) is 55.8 Å². The van der Waals surface area contributed by atoms with Gasteiger partial charge in [-0.15, -0.1) is 6.58 Å². The molecule has 1 aliphatic rings. The van der Waals surface area contributed by atoms with Crippen LogP contribution in [0, 0.1) is 6.92 Å². The van der Waals surface area contributed by atoms with E-state index in [9.17, 15) is 8.42 Å². The van der Waals surface area contributed by atoms with Gasteiger partial charge in [0.25, 0.3) is 0 Å². The number of sulfonamides is 1. The zero-order chi connectivity index (χ0) is 19.6. The number of hydrogen-bond acceptors (Lipinski definition) is 4. The number of nitrogens with zero attached hydrogens (tertiary/aromatic N) is 1. The second kappa shape index (κ2) is 7.74. The molecule has 2 aromatic rings. The molecular formula is C21H25NO4S. The van der Waals surface area contributed by atoms with Crippen LogP contribution in [0.3, 0.4) is 0 Å². The maximum atomic E-state index is 13.2. The molecule has 0 saturated heterocycles. The van der Waals surface area contributed by atoms with Gasteiger partial charge in [0.1, 0.15) is 11.5 Å². The van der Waals surface area contributed by atoms with Crippen molar-refractivity contribution in [3.63, 3.8) is 0 Å². The summed E-state index contributed by atoms with van der Waals surface area (Å²) in [5, 5.41) is 0. The molecule has 2 aromatic carbocycles. The van der Waals surface area contributed by atoms with Crippen molar-refractivity contribution in [1.29, 1.82) is 0 Å². The standard InChI is InChI=1S/C21H25NO4S/c1-5-16-14-22(27(23,24)19-8-6-15(2)7-9-19)11-10-17-12-18(25-3)13-20(26-4)21(16)17/h5-9,12-13,16H,1,10-11,14H2,2-4H3/t16-/m0/s1. The van der Waals surface area contributed by atoms with Crippen LogP contribution in [0.4, 0.5) is 0 Å². The Labute approximate surface area is 161 Å². The normalized spacial score (nSPS) is 17.7. The van der Waals surface area contributed by atoms with Crippen LogP contribution >= 0.6 is 0 Å². The monoisotopic (exact) mass is 387 g/mol. The molecule has 0 aromatic heterocycles. The third-order valence-electron chi connectivity index (χ3n) is 5.00. The summed E-state index contributed by atoms with van der Waals surface area (Å²) in [6.45, 7) is 6.59. The van der Waals surface area contributed by atoms with E-state index in [4.69, 9.17) is 9.47 Å². The van der Waals surface area contributed by atoms with Crippen LogP contribution < -0.4 is 9.47 Å². The van der Waals surface area contributed by atoms with Crippen molar-refractivity contribution in [2.45, 2.75) is 24.2 Å². The molecule has 0 radical (unpaired) electrons. The summed E-state index contributed by atoms with van der Waals surface area (Å²) in [6, 6.07) is 10.7. The van der Waals surface area contributed by atoms with E-state index in [2.05, 4.69) is 6.58 Å². The number of fused-ring (bicyclic) bond motifs is 1. The van der Waals surface area contributed by atoms with Gasteiger partial charge in [-0.1, -0.05) is 23.8 Å². The van der Waals surface area contributed by atoms with Gasteiger partial charge in [0, 0.05) is 30.6 Å². The molecule has 0 aliphatic carbocycles. The van der Waals surface area contributed by atoms with Crippen LogP contribution in [-0.4, -0.2) is 40.0 Å². The van der Waals surface area contributed by atoms with E-state index in [0.29, 0.717) is 35.9 Å². The zero-order valence-electron chi connectivity index (χ0n) is 15.9. The van der Waals surface area contributed by atoms with Crippen molar-refractivity contribution >= 4 is 10.0 Å². The predicted molar refractivity (Wildman–Crippen MR) is 106 cm³/mol. The molecular weight excluding hydrogens is 362 g/mol. The average molecular weight is 388 g/mol. The Morgan fingerprint density at radius 1 is 1.15 bits per heavy atom. The molecule has 0 spiro atoms. The molecule has 0 unspecified atom stereocenters. The van der Waals surface area contributed by atoms with Crippen LogP contribution in [0.5, 0.6) is 11.5 Å². The lowest BCUT2D eigenvalue weighted by Crippen LogP contribution is -2.34. The van der Waals surface area contributed by atoms with Crippen molar-refractivity contribution in [3.8, 4) is 11.5 Å². The SMILES string of the molecule is C=C[C@H]1CN(S(=O)(=O)c2ccc(C)cc2)CCc2cc(OC)cc(OC)c21. The quantitative estimate of drug-likeness (QED) is 0.737. The average Bonchev–Trinajstić information content (AvgIpc) is 2.87. The van der Waals surface area contributed by atoms with Gasteiger partial charge < -0.3 is 9.47 Å². The molecule has 3 rings (SSSR count). The molecule has 0 saturated carbocycles. The van der Waals surface area contributed by atoms with Crippen LogP contribution in [0.1, 0.15) is 22.6 Å². The first kappa shape index (κ1) is 19.5. The zero-order valence-corrected chi connectivity index (χ0v) is 16.8. The fourth-order valence-electron chi connectivity index (χ4n) is 3.49. The van der Waals surface area contributed by atoms with Crippen LogP contribution in [-0.2, 0) is 16.4 Å². The molecule has 27 heavy (non-hydrogen) atoms. The molecule has 1 heterocycles. The summed E-state index contributed by atoms with van der Waals surface area (Å²) >= 11 is 0. The summed E-state index contributed by atoms with van der Waals surface area (Å²) in [5.74, 6) is 1.23. The Kier molecular flexibility index (Phi) is 5.58. The first-order valence-electron chi connectivity index (χ1n) is 8.85. The number of benzene rings is 2. The fraction of sp³-hybridized carbons (Fsp3) is 0.333. The van der Waals surface area contributed by atoms with Crippen LogP contribution in [0.15, 0.2) is 53.9 Å². The van der Waals surface area contributed by atoms with E-state index in [1.54, 1.807) is 32.4 Å². The number of aryl methyl sites for hydroxylation is 1. The van der Waals surface area contributed by atoms with Crippen molar-refractivity contribution in [2.24, 2.45) is 0 Å². The lowest BCUT2D eigenvalue weighted by molar-refractivity contribution is 0.386. The van der Waals surface area contributed by atoms with E-state index in [-0.39, 0.29) is 5.92 Å². The van der Waals surface area contributed by atoms with Crippen molar-refractivity contribution in [3.05, 3.63) is 65.7 Å². The lowest BCUT2D eigenvalue weighted by Gasteiger charge is -2.23. The van der Waals surface area contributed by atoms with Gasteiger partial charge in [-0.05, 0) is 37.1 Å². The van der Waals surface area contributed by atoms with E-state index < -0.39 is 10.0 Å². The molecule has 5 nitrogen and oxygen atoms in total. The predicted octanol–water partition coefficient (Wildman–Crippen LogP) is 3.53. The summed E-state index contributed by atoms with van der Waals surface area (Å²) in [7, 11) is -0.364. The maximum Gasteiger partial charge on any atom is 0.243 e. The second-order valence-corrected chi connectivity index (χ2v) is 8.61. The maximum absolute atomic E-state index is 13.2. The van der Waals surface area contributed by atoms with Crippen molar-refractivity contribution in [2.75, 3.05) is 27.3 Å². The highest BCUT2D eigenvalue weighted by Gasteiger charge is 2.32. The minimum absolute atomic E-state index is 0.163. The highest BCUT2D eigenvalue weighted by Crippen LogP contribution is 2.38. The highest BCUT2D eigenvalue weighted by atomic mass is 32.2. The molecule has 6 heteroatoms. The van der Waals surface area contributed by atoms with E-state index >= 15 is 0 Å². The number of ether oxygens (including phenoxy) is 2. The van der Waals surface area contributed by atoms with Gasteiger partial charge in [0.2, 0.25) is 10.0 Å². The van der Waals surface area contributed by atoms with Gasteiger partial charge in [0.15, 0.2) is 0 Å². The van der Waals surface area contributed by atoms with Gasteiger partial charge in [-0.25, -0.2) is 8.42 Å². The first-order chi connectivity index (χ1) is 12.9. The fourth-order valence-corrected chi connectivity index (χ4v) is 4.95. The third kappa shape index (κ3) is 3.73. The summed E-state index contributed by atoms with van der Waals surface area (Å²) < 4.78 is 38.8. The van der Waals surface area contributed by atoms with Gasteiger partial charge in [0.05, 0.1) is 19.1 Å². The summed E-state index contributed by atoms with van der Waals surface area (Å²) in [4.78, 5) is 0.311. The largest absolute Gasteiger partial charge is 0.497 e. The molecule has 0 fully saturated rings. The van der Waals surface area contributed by atoms with Gasteiger partial charge >= 0.3 is 0 Å². The summed E-state index contributed by atoms with van der Waals surface area (Å²) in [6.07, 6.45) is 2.37. The Hall–Kier alpha value is -2.31. The molecule has 0 bridgehead atoms. The van der Waals surface area contributed by atoms with Crippen LogP contribution in [0.2, 0.25) is 0 Å². The molecule has 0 amide bonds. The van der Waals surface area contributed by atoms with Crippen LogP contribution in [0.25, 0.3) is 0 Å². The van der Waals surface area contributed by atoms with E-state index in [1.807, 2.05) is 31.2 Å². The first-order valence-corrected chi connectivity index (χ1v) is 10.3. The molecule has 1 aliphatic heterocycles. The summed E-state index contributed by atoms with van der Waals surface area (Å²) in [5.41, 5.74) is 3.03. The van der Waals surface area contributed by atoms with Gasteiger partial charge in [-0.2, -0.15) is 4.31 Å². The van der Waals surface area contributed by atoms with E-state index in [1.165, 1.54) is 4.31 Å². The smallest absolute Gasteiger partial charge is 0.243 e. The Bertz CT molecular complexity index is 935. The highest BCUT2D eigenvalue weighted by molar-refractivity contribution is 7.89. The minimum atomic E-state index is -3.58. The third-order valence-corrected chi connectivity index (χ3v) is 6.88. The number of methoxy groups -OCH3 is 2. The van der Waals surface area contributed by atoms with Crippen molar-refractivity contribution in [1.82, 2.24) is 4.31 Å². The minimum Gasteiger partial charge on any atom is -0.497 e. The van der Waals surface area contributed by atoms with Crippen molar-refractivity contribution < 1.29 is 17.9 Å². The number of rotatable bonds is 5. The Morgan fingerprint density at radius 3 is 2.44 bits per heavy atom. The second-order valence-electron chi connectivity index (χ2n) is 6.67.